The van der Waals surface area contributed by atoms with Crippen LogP contribution in [0.2, 0.25) is 5.02 Å². The summed E-state index contributed by atoms with van der Waals surface area (Å²) in [5, 5.41) is 11.2. The van der Waals surface area contributed by atoms with E-state index in [1.54, 1.807) is 0 Å². The molecule has 0 spiro atoms. The summed E-state index contributed by atoms with van der Waals surface area (Å²) in [5.74, 6) is 2.01. The topological polar surface area (TPSA) is 64.2 Å². The van der Waals surface area contributed by atoms with Gasteiger partial charge in [-0.05, 0) is 56.9 Å². The average molecular weight is 501 g/mol. The van der Waals surface area contributed by atoms with Gasteiger partial charge in [-0.15, -0.1) is 10.2 Å². The Morgan fingerprint density at radius 3 is 2.38 bits per heavy atom. The fourth-order valence-corrected chi connectivity index (χ4v) is 6.66. The summed E-state index contributed by atoms with van der Waals surface area (Å²) >= 11 is 7.63. The van der Waals surface area contributed by atoms with Crippen LogP contribution in [-0.2, 0) is 11.3 Å². The number of benzene rings is 1. The van der Waals surface area contributed by atoms with E-state index in [0.29, 0.717) is 41.0 Å². The second-order valence-electron chi connectivity index (χ2n) is 9.52. The van der Waals surface area contributed by atoms with Crippen LogP contribution in [0.4, 0.5) is 0 Å². The maximum Gasteiger partial charge on any atom is 0.233 e. The fourth-order valence-electron chi connectivity index (χ4n) is 5.61. The van der Waals surface area contributed by atoms with Crippen LogP contribution < -0.4 is 0 Å². The molecule has 6 nitrogen and oxygen atoms in total. The molecule has 0 atom stereocenters. The van der Waals surface area contributed by atoms with Crippen molar-refractivity contribution in [1.82, 2.24) is 19.7 Å². The van der Waals surface area contributed by atoms with Crippen LogP contribution >= 0.6 is 23.4 Å². The Morgan fingerprint density at radius 1 is 1.06 bits per heavy atom. The quantitative estimate of drug-likeness (QED) is 0.328. The monoisotopic (exact) mass is 500 g/mol. The lowest BCUT2D eigenvalue weighted by Gasteiger charge is -2.41. The van der Waals surface area contributed by atoms with Gasteiger partial charge in [-0.2, -0.15) is 0 Å². The molecule has 8 heteroatoms. The number of amides is 1. The Bertz CT molecular complexity index is 1110. The molecule has 2 fully saturated rings. The molecule has 2 aromatic heterocycles. The van der Waals surface area contributed by atoms with E-state index in [0.717, 1.165) is 41.8 Å². The molecule has 0 radical (unpaired) electrons. The van der Waals surface area contributed by atoms with Crippen molar-refractivity contribution in [1.29, 1.82) is 0 Å². The van der Waals surface area contributed by atoms with Crippen molar-refractivity contribution in [2.45, 2.75) is 94.9 Å². The molecule has 3 aromatic rings. The summed E-state index contributed by atoms with van der Waals surface area (Å²) < 4.78 is 8.05. The van der Waals surface area contributed by atoms with Gasteiger partial charge in [0.15, 0.2) is 10.9 Å². The third kappa shape index (κ3) is 5.01. The van der Waals surface area contributed by atoms with Crippen molar-refractivity contribution in [3.63, 3.8) is 0 Å². The Balaban J connectivity index is 1.33. The maximum atomic E-state index is 13.6. The Morgan fingerprint density at radius 2 is 1.74 bits per heavy atom. The van der Waals surface area contributed by atoms with E-state index in [-0.39, 0.29) is 5.91 Å². The van der Waals surface area contributed by atoms with Crippen LogP contribution in [0.1, 0.15) is 71.1 Å². The van der Waals surface area contributed by atoms with E-state index in [9.17, 15) is 4.79 Å². The lowest BCUT2D eigenvalue weighted by atomic mass is 9.88. The maximum absolute atomic E-state index is 13.6. The summed E-state index contributed by atoms with van der Waals surface area (Å²) in [6.45, 7) is 2.76. The number of hydrogen-bond donors (Lipinski definition) is 0. The molecule has 1 aromatic carbocycles. The largest absolute Gasteiger partial charge is 0.453 e. The van der Waals surface area contributed by atoms with Gasteiger partial charge in [-0.3, -0.25) is 9.36 Å². The van der Waals surface area contributed by atoms with Gasteiger partial charge in [0.2, 0.25) is 11.7 Å². The number of carbonyl (C=O) groups is 1. The van der Waals surface area contributed by atoms with Crippen molar-refractivity contribution >= 4 is 40.2 Å². The van der Waals surface area contributed by atoms with Crippen LogP contribution in [0.25, 0.3) is 22.6 Å². The van der Waals surface area contributed by atoms with E-state index in [4.69, 9.17) is 16.0 Å². The van der Waals surface area contributed by atoms with Crippen LogP contribution in [0.3, 0.4) is 0 Å². The van der Waals surface area contributed by atoms with E-state index >= 15 is 0 Å². The molecule has 0 bridgehead atoms. The molecule has 2 heterocycles. The molecule has 2 aliphatic rings. The molecule has 5 rings (SSSR count). The first-order chi connectivity index (χ1) is 16.6. The van der Waals surface area contributed by atoms with E-state index < -0.39 is 0 Å². The van der Waals surface area contributed by atoms with Gasteiger partial charge in [-0.25, -0.2) is 0 Å². The minimum atomic E-state index is 0.259. The molecular weight excluding hydrogens is 468 g/mol. The average Bonchev–Trinajstić information content (AvgIpc) is 3.47. The highest BCUT2D eigenvalue weighted by atomic mass is 35.5. The highest BCUT2D eigenvalue weighted by Crippen LogP contribution is 2.33. The molecule has 0 unspecified atom stereocenters. The number of rotatable bonds is 7. The Labute approximate surface area is 210 Å². The lowest BCUT2D eigenvalue weighted by Crippen LogP contribution is -2.49. The molecule has 182 valence electrons. The zero-order valence-electron chi connectivity index (χ0n) is 19.8. The van der Waals surface area contributed by atoms with Gasteiger partial charge in [0, 0.05) is 29.0 Å². The number of fused-ring (bicyclic) bond motifs is 1. The van der Waals surface area contributed by atoms with Gasteiger partial charge in [0.1, 0.15) is 5.58 Å². The van der Waals surface area contributed by atoms with Crippen LogP contribution in [-0.4, -0.2) is 43.4 Å². The molecule has 0 saturated heterocycles. The highest BCUT2D eigenvalue weighted by molar-refractivity contribution is 7.99. The summed E-state index contributed by atoms with van der Waals surface area (Å²) in [6, 6.07) is 8.34. The Hall–Kier alpha value is -1.99. The van der Waals surface area contributed by atoms with Crippen molar-refractivity contribution < 1.29 is 9.21 Å². The highest BCUT2D eigenvalue weighted by Gasteiger charge is 2.32. The SMILES string of the molecule is CCn1c(SCC(=O)N(C2CCCCC2)C2CCCCC2)nnc1-c1cc2cc(Cl)ccc2o1. The zero-order valence-corrected chi connectivity index (χ0v) is 21.4. The summed E-state index contributed by atoms with van der Waals surface area (Å²) in [5.41, 5.74) is 0.769. The summed E-state index contributed by atoms with van der Waals surface area (Å²) in [4.78, 5) is 15.8. The minimum absolute atomic E-state index is 0.259. The third-order valence-electron chi connectivity index (χ3n) is 7.28. The zero-order chi connectivity index (χ0) is 23.5. The summed E-state index contributed by atoms with van der Waals surface area (Å²) in [6.07, 6.45) is 12.2. The predicted octanol–water partition coefficient (Wildman–Crippen LogP) is 6.95. The van der Waals surface area contributed by atoms with Gasteiger partial charge in [-0.1, -0.05) is 61.9 Å². The molecule has 0 aliphatic heterocycles. The number of aromatic nitrogens is 3. The number of thioether (sulfide) groups is 1. The van der Waals surface area contributed by atoms with Crippen molar-refractivity contribution in [3.8, 4) is 11.6 Å². The second-order valence-corrected chi connectivity index (χ2v) is 10.9. The van der Waals surface area contributed by atoms with Crippen LogP contribution in [0, 0.1) is 0 Å². The van der Waals surface area contributed by atoms with Gasteiger partial charge >= 0.3 is 0 Å². The first kappa shape index (κ1) is 23.7. The normalized spacial score (nSPS) is 17.9. The van der Waals surface area contributed by atoms with Crippen molar-refractivity contribution in [2.24, 2.45) is 0 Å². The predicted molar refractivity (Wildman–Crippen MR) is 137 cm³/mol. The molecule has 34 heavy (non-hydrogen) atoms. The number of nitrogens with zero attached hydrogens (tertiary/aromatic N) is 4. The minimum Gasteiger partial charge on any atom is -0.453 e. The summed E-state index contributed by atoms with van der Waals surface area (Å²) in [7, 11) is 0. The second kappa shape index (κ2) is 10.7. The number of halogens is 1. The van der Waals surface area contributed by atoms with E-state index in [1.165, 1.54) is 50.3 Å². The van der Waals surface area contributed by atoms with Crippen molar-refractivity contribution in [3.05, 3.63) is 29.3 Å². The number of furan rings is 1. The fraction of sp³-hybridized carbons (Fsp3) is 0.577. The third-order valence-corrected chi connectivity index (χ3v) is 8.47. The first-order valence-electron chi connectivity index (χ1n) is 12.7. The van der Waals surface area contributed by atoms with Crippen LogP contribution in [0.15, 0.2) is 33.8 Å². The number of hydrogen-bond acceptors (Lipinski definition) is 5. The molecule has 2 aliphatic carbocycles. The number of carbonyl (C=O) groups excluding carboxylic acids is 1. The molecule has 1 amide bonds. The Kier molecular flexibility index (Phi) is 7.49. The smallest absolute Gasteiger partial charge is 0.233 e. The van der Waals surface area contributed by atoms with Gasteiger partial charge in [0.25, 0.3) is 0 Å². The van der Waals surface area contributed by atoms with Crippen molar-refractivity contribution in [2.75, 3.05) is 5.75 Å². The molecule has 2 saturated carbocycles. The first-order valence-corrected chi connectivity index (χ1v) is 14.1. The standard InChI is InChI=1S/C26H33ClN4O2S/c1-2-30-25(23-16-18-15-19(27)13-14-22(18)33-23)28-29-26(30)34-17-24(32)31(20-9-5-3-6-10-20)21-11-7-4-8-12-21/h13-16,20-21H,2-12,17H2,1H3. The van der Waals surface area contributed by atoms with Crippen LogP contribution in [0.5, 0.6) is 0 Å². The lowest BCUT2D eigenvalue weighted by molar-refractivity contribution is -0.135. The van der Waals surface area contributed by atoms with E-state index in [1.807, 2.05) is 28.8 Å². The van der Waals surface area contributed by atoms with Gasteiger partial charge < -0.3 is 9.32 Å². The van der Waals surface area contributed by atoms with E-state index in [2.05, 4.69) is 22.0 Å². The molecule has 0 N–H and O–H groups in total. The van der Waals surface area contributed by atoms with Gasteiger partial charge in [0.05, 0.1) is 5.75 Å². The molecular formula is C26H33ClN4O2S.